The Bertz CT molecular complexity index is 225. The second-order valence-corrected chi connectivity index (χ2v) is 5.26. The highest BCUT2D eigenvalue weighted by molar-refractivity contribution is 5.78. The molecule has 0 spiro atoms. The minimum Gasteiger partial charge on any atom is -0.370 e. The van der Waals surface area contributed by atoms with Gasteiger partial charge in [0.1, 0.15) is 0 Å². The van der Waals surface area contributed by atoms with E-state index in [4.69, 9.17) is 5.73 Å². The van der Waals surface area contributed by atoms with Gasteiger partial charge in [0.25, 0.3) is 0 Å². The third kappa shape index (κ3) is 5.02. The number of aliphatic imine (C=N–C) groups is 1. The molecule has 0 aliphatic heterocycles. The molecule has 0 aromatic rings. The predicted octanol–water partition coefficient (Wildman–Crippen LogP) is 0.783. The van der Waals surface area contributed by atoms with Crippen molar-refractivity contribution in [3.05, 3.63) is 0 Å². The van der Waals surface area contributed by atoms with Crippen molar-refractivity contribution in [2.45, 2.75) is 45.2 Å². The molecule has 0 unspecified atom stereocenters. The van der Waals surface area contributed by atoms with Gasteiger partial charge in [-0.2, -0.15) is 0 Å². The van der Waals surface area contributed by atoms with Crippen LogP contribution in [0.25, 0.3) is 0 Å². The number of nitrogens with two attached hydrogens (primary N) is 1. The molecule has 15 heavy (non-hydrogen) atoms. The lowest BCUT2D eigenvalue weighted by atomic mass is 10.1. The molecule has 0 aromatic heterocycles. The van der Waals surface area contributed by atoms with Gasteiger partial charge in [-0.05, 0) is 33.6 Å². The molecule has 4 heteroatoms. The Morgan fingerprint density at radius 1 is 1.47 bits per heavy atom. The molecule has 3 N–H and O–H groups in total. The summed E-state index contributed by atoms with van der Waals surface area (Å²) in [6, 6.07) is 0.643. The molecule has 1 saturated carbocycles. The molecule has 4 nitrogen and oxygen atoms in total. The van der Waals surface area contributed by atoms with E-state index in [1.54, 1.807) is 0 Å². The highest BCUT2D eigenvalue weighted by Gasteiger charge is 2.27. The van der Waals surface area contributed by atoms with Gasteiger partial charge in [0.05, 0.1) is 6.54 Å². The van der Waals surface area contributed by atoms with E-state index in [0.29, 0.717) is 12.0 Å². The Morgan fingerprint density at radius 3 is 2.53 bits per heavy atom. The molecule has 0 radical (unpaired) electrons. The average molecular weight is 212 g/mol. The van der Waals surface area contributed by atoms with Gasteiger partial charge in [-0.15, -0.1) is 0 Å². The van der Waals surface area contributed by atoms with Crippen LogP contribution in [0.2, 0.25) is 0 Å². The Labute approximate surface area is 92.9 Å². The number of guanidine groups is 1. The summed E-state index contributed by atoms with van der Waals surface area (Å²) in [7, 11) is 2.02. The zero-order chi connectivity index (χ0) is 11.5. The van der Waals surface area contributed by atoms with Crippen molar-refractivity contribution in [3.8, 4) is 0 Å². The fourth-order valence-electron chi connectivity index (χ4n) is 1.36. The van der Waals surface area contributed by atoms with Crippen LogP contribution < -0.4 is 11.1 Å². The maximum Gasteiger partial charge on any atom is 0.191 e. The van der Waals surface area contributed by atoms with Crippen LogP contribution in [0.4, 0.5) is 0 Å². The summed E-state index contributed by atoms with van der Waals surface area (Å²) in [6.45, 7) is 8.08. The van der Waals surface area contributed by atoms with Gasteiger partial charge in [0.2, 0.25) is 0 Å². The Balaban J connectivity index is 2.19. The van der Waals surface area contributed by atoms with Gasteiger partial charge in [0, 0.05) is 25.2 Å². The summed E-state index contributed by atoms with van der Waals surface area (Å²) >= 11 is 0. The lowest BCUT2D eigenvalue weighted by Crippen LogP contribution is -2.39. The van der Waals surface area contributed by atoms with E-state index in [-0.39, 0.29) is 5.54 Å². The molecule has 88 valence electrons. The van der Waals surface area contributed by atoms with Gasteiger partial charge < -0.3 is 16.0 Å². The van der Waals surface area contributed by atoms with Crippen molar-refractivity contribution in [2.24, 2.45) is 10.7 Å². The van der Waals surface area contributed by atoms with Crippen LogP contribution in [0.15, 0.2) is 4.99 Å². The van der Waals surface area contributed by atoms with Crippen LogP contribution in [-0.4, -0.2) is 42.6 Å². The van der Waals surface area contributed by atoms with E-state index in [9.17, 15) is 0 Å². The number of hydrogen-bond donors (Lipinski definition) is 2. The second kappa shape index (κ2) is 4.84. The summed E-state index contributed by atoms with van der Waals surface area (Å²) in [4.78, 5) is 6.43. The third-order valence-electron chi connectivity index (χ3n) is 2.50. The monoisotopic (exact) mass is 212 g/mol. The van der Waals surface area contributed by atoms with Crippen molar-refractivity contribution < 1.29 is 0 Å². The van der Waals surface area contributed by atoms with Crippen LogP contribution in [-0.2, 0) is 0 Å². The summed E-state index contributed by atoms with van der Waals surface area (Å²) < 4.78 is 0. The highest BCUT2D eigenvalue weighted by Crippen LogP contribution is 2.24. The molecule has 0 atom stereocenters. The van der Waals surface area contributed by atoms with Crippen molar-refractivity contribution in [1.29, 1.82) is 0 Å². The first-order valence-electron chi connectivity index (χ1n) is 5.68. The van der Waals surface area contributed by atoms with Crippen molar-refractivity contribution in [1.82, 2.24) is 10.2 Å². The van der Waals surface area contributed by atoms with E-state index in [2.05, 4.69) is 36.0 Å². The maximum atomic E-state index is 5.86. The smallest absolute Gasteiger partial charge is 0.191 e. The molecule has 1 aliphatic rings. The summed E-state index contributed by atoms with van der Waals surface area (Å²) in [5, 5.41) is 3.38. The number of rotatable bonds is 4. The Kier molecular flexibility index (Phi) is 3.97. The van der Waals surface area contributed by atoms with Gasteiger partial charge in [-0.3, -0.25) is 4.99 Å². The van der Waals surface area contributed by atoms with Gasteiger partial charge in [-0.25, -0.2) is 0 Å². The first-order valence-corrected chi connectivity index (χ1v) is 5.68. The first kappa shape index (κ1) is 12.3. The summed E-state index contributed by atoms with van der Waals surface area (Å²) in [6.07, 6.45) is 2.51. The second-order valence-electron chi connectivity index (χ2n) is 5.26. The van der Waals surface area contributed by atoms with Crippen LogP contribution in [0.1, 0.15) is 33.6 Å². The quantitative estimate of drug-likeness (QED) is 0.411. The minimum absolute atomic E-state index is 0.159. The minimum atomic E-state index is 0.159. The van der Waals surface area contributed by atoms with Crippen LogP contribution in [0.3, 0.4) is 0 Å². The molecule has 0 aromatic carbocycles. The molecule has 1 aliphatic carbocycles. The number of nitrogens with one attached hydrogen (secondary N) is 1. The van der Waals surface area contributed by atoms with Gasteiger partial charge in [-0.1, -0.05) is 0 Å². The normalized spacial score (nSPS) is 18.0. The van der Waals surface area contributed by atoms with E-state index >= 15 is 0 Å². The molecule has 1 rings (SSSR count). The average Bonchev–Trinajstić information content (AvgIpc) is 2.92. The standard InChI is InChI=1S/C11H24N4/c1-11(2,3)14-8-7-13-10(12)15(4)9-5-6-9/h9,14H,5-8H2,1-4H3,(H2,12,13). The highest BCUT2D eigenvalue weighted by atomic mass is 15.3. The lowest BCUT2D eigenvalue weighted by molar-refractivity contribution is 0.430. The largest absolute Gasteiger partial charge is 0.370 e. The van der Waals surface area contributed by atoms with E-state index < -0.39 is 0 Å². The van der Waals surface area contributed by atoms with E-state index in [1.165, 1.54) is 12.8 Å². The van der Waals surface area contributed by atoms with Crippen LogP contribution in [0, 0.1) is 0 Å². The first-order chi connectivity index (χ1) is 6.90. The Morgan fingerprint density at radius 2 is 2.07 bits per heavy atom. The molecular weight excluding hydrogens is 188 g/mol. The van der Waals surface area contributed by atoms with E-state index in [1.807, 2.05) is 7.05 Å². The fraction of sp³-hybridized carbons (Fsp3) is 0.909. The predicted molar refractivity (Wildman–Crippen MR) is 65.0 cm³/mol. The van der Waals surface area contributed by atoms with E-state index in [0.717, 1.165) is 13.1 Å². The molecule has 1 fully saturated rings. The lowest BCUT2D eigenvalue weighted by Gasteiger charge is -2.20. The molecule has 0 amide bonds. The fourth-order valence-corrected chi connectivity index (χ4v) is 1.36. The summed E-state index contributed by atoms with van der Waals surface area (Å²) in [5.41, 5.74) is 6.02. The molecule has 0 bridgehead atoms. The third-order valence-corrected chi connectivity index (χ3v) is 2.50. The van der Waals surface area contributed by atoms with Crippen LogP contribution >= 0.6 is 0 Å². The van der Waals surface area contributed by atoms with Crippen molar-refractivity contribution in [3.63, 3.8) is 0 Å². The maximum absolute atomic E-state index is 5.86. The molecular formula is C11H24N4. The molecule has 0 saturated heterocycles. The summed E-state index contributed by atoms with van der Waals surface area (Å²) in [5.74, 6) is 0.674. The van der Waals surface area contributed by atoms with Crippen molar-refractivity contribution >= 4 is 5.96 Å². The van der Waals surface area contributed by atoms with Crippen LogP contribution in [0.5, 0.6) is 0 Å². The zero-order valence-electron chi connectivity index (χ0n) is 10.4. The topological polar surface area (TPSA) is 53.6 Å². The molecule has 0 heterocycles. The van der Waals surface area contributed by atoms with Gasteiger partial charge in [0.15, 0.2) is 5.96 Å². The zero-order valence-corrected chi connectivity index (χ0v) is 10.4. The van der Waals surface area contributed by atoms with Gasteiger partial charge >= 0.3 is 0 Å². The number of hydrogen-bond acceptors (Lipinski definition) is 2. The Hall–Kier alpha value is -0.770. The van der Waals surface area contributed by atoms with Crippen molar-refractivity contribution in [2.75, 3.05) is 20.1 Å². The SMILES string of the molecule is CN(C(N)=NCCNC(C)(C)C)C1CC1. The number of nitrogens with zero attached hydrogens (tertiary/aromatic N) is 2.